The fourth-order valence-electron chi connectivity index (χ4n) is 2.35. The Labute approximate surface area is 132 Å². The van der Waals surface area contributed by atoms with Gasteiger partial charge in [0.15, 0.2) is 6.61 Å². The topological polar surface area (TPSA) is 50.4 Å². The second-order valence-electron chi connectivity index (χ2n) is 4.73. The van der Waals surface area contributed by atoms with Crippen molar-refractivity contribution in [2.75, 3.05) is 18.5 Å². The molecular weight excluding hydrogens is 308 g/mol. The summed E-state index contributed by atoms with van der Waals surface area (Å²) in [5, 5.41) is 6.28. The number of hydrogen-bond acceptors (Lipinski definition) is 4. The molecule has 1 aliphatic rings. The molecule has 0 radical (unpaired) electrons. The lowest BCUT2D eigenvalue weighted by Crippen LogP contribution is -2.26. The Balaban J connectivity index is 1.96. The molecule has 4 nitrogen and oxygen atoms in total. The number of halogens is 1. The molecule has 1 atom stereocenters. The van der Waals surface area contributed by atoms with Crippen molar-refractivity contribution in [1.29, 1.82) is 0 Å². The fraction of sp³-hybridized carbons (Fsp3) is 0.267. The van der Waals surface area contributed by atoms with Crippen LogP contribution in [0.5, 0.6) is 5.75 Å². The molecule has 1 unspecified atom stereocenters. The maximum atomic E-state index is 11.4. The third-order valence-electron chi connectivity index (χ3n) is 3.26. The Morgan fingerprint density at radius 1 is 1.43 bits per heavy atom. The summed E-state index contributed by atoms with van der Waals surface area (Å²) in [6, 6.07) is 9.83. The molecule has 2 N–H and O–H groups in total. The summed E-state index contributed by atoms with van der Waals surface area (Å²) in [6.45, 7) is 2.97. The van der Waals surface area contributed by atoms with Crippen LogP contribution < -0.4 is 15.4 Å². The summed E-state index contributed by atoms with van der Waals surface area (Å²) < 4.78 is 6.16. The van der Waals surface area contributed by atoms with Gasteiger partial charge in [-0.05, 0) is 36.4 Å². The van der Waals surface area contributed by atoms with Crippen LogP contribution in [-0.2, 0) is 4.79 Å². The van der Waals surface area contributed by atoms with E-state index in [0.29, 0.717) is 11.4 Å². The lowest BCUT2D eigenvalue weighted by atomic mass is 10.0. The molecule has 1 aliphatic heterocycles. The molecule has 1 aromatic carbocycles. The van der Waals surface area contributed by atoms with Crippen LogP contribution in [0.15, 0.2) is 30.3 Å². The van der Waals surface area contributed by atoms with Crippen molar-refractivity contribution in [3.8, 4) is 5.75 Å². The Morgan fingerprint density at radius 2 is 2.29 bits per heavy atom. The highest BCUT2D eigenvalue weighted by atomic mass is 35.5. The minimum atomic E-state index is -0.126. The molecule has 1 amide bonds. The van der Waals surface area contributed by atoms with E-state index in [-0.39, 0.29) is 18.6 Å². The number of amides is 1. The van der Waals surface area contributed by atoms with Gasteiger partial charge in [0.1, 0.15) is 5.75 Å². The summed E-state index contributed by atoms with van der Waals surface area (Å²) in [5.41, 5.74) is 1.79. The van der Waals surface area contributed by atoms with E-state index in [1.165, 1.54) is 0 Å². The molecule has 3 rings (SSSR count). The van der Waals surface area contributed by atoms with Gasteiger partial charge in [-0.1, -0.05) is 24.6 Å². The van der Waals surface area contributed by atoms with E-state index >= 15 is 0 Å². The number of carbonyl (C=O) groups excluding carboxylic acids is 1. The number of hydrogen-bond donors (Lipinski definition) is 2. The average molecular weight is 323 g/mol. The first-order valence-electron chi connectivity index (χ1n) is 6.72. The van der Waals surface area contributed by atoms with Crippen LogP contribution in [0, 0.1) is 0 Å². The van der Waals surface area contributed by atoms with Gasteiger partial charge in [0.05, 0.1) is 16.1 Å². The minimum Gasteiger partial charge on any atom is -0.482 e. The maximum absolute atomic E-state index is 11.4. The molecule has 0 bridgehead atoms. The van der Waals surface area contributed by atoms with Crippen LogP contribution in [0.2, 0.25) is 4.34 Å². The number of nitrogens with one attached hydrogen (secondary N) is 2. The zero-order valence-electron chi connectivity index (χ0n) is 11.5. The van der Waals surface area contributed by atoms with Crippen molar-refractivity contribution in [2.45, 2.75) is 13.0 Å². The number of fused-ring (bicyclic) bond motifs is 1. The van der Waals surface area contributed by atoms with Crippen molar-refractivity contribution < 1.29 is 9.53 Å². The molecule has 0 saturated carbocycles. The van der Waals surface area contributed by atoms with E-state index in [0.717, 1.165) is 21.3 Å². The van der Waals surface area contributed by atoms with Crippen molar-refractivity contribution in [3.05, 3.63) is 45.1 Å². The van der Waals surface area contributed by atoms with Gasteiger partial charge in [0.25, 0.3) is 5.91 Å². The third-order valence-corrected chi connectivity index (χ3v) is 4.55. The third kappa shape index (κ3) is 3.05. The first-order chi connectivity index (χ1) is 10.2. The standard InChI is InChI=1S/C15H15ClN2O2S/c1-2-17-15(12-5-6-13(16)21-12)9-3-4-11-10(7-9)18-14(19)8-20-11/h3-7,15,17H,2,8H2,1H3,(H,18,19). The van der Waals surface area contributed by atoms with Crippen LogP contribution in [0.25, 0.3) is 0 Å². The van der Waals surface area contributed by atoms with Crippen molar-refractivity contribution in [2.24, 2.45) is 0 Å². The van der Waals surface area contributed by atoms with E-state index < -0.39 is 0 Å². The summed E-state index contributed by atoms with van der Waals surface area (Å²) in [4.78, 5) is 12.6. The van der Waals surface area contributed by atoms with Gasteiger partial charge < -0.3 is 15.4 Å². The number of benzene rings is 1. The van der Waals surface area contributed by atoms with E-state index in [9.17, 15) is 4.79 Å². The van der Waals surface area contributed by atoms with Crippen LogP contribution in [0.3, 0.4) is 0 Å². The van der Waals surface area contributed by atoms with Crippen LogP contribution in [0.1, 0.15) is 23.4 Å². The van der Waals surface area contributed by atoms with E-state index in [2.05, 4.69) is 17.6 Å². The molecule has 0 aliphatic carbocycles. The van der Waals surface area contributed by atoms with Gasteiger partial charge in [0, 0.05) is 4.88 Å². The Hall–Kier alpha value is -1.56. The fourth-order valence-corrected chi connectivity index (χ4v) is 3.52. The maximum Gasteiger partial charge on any atom is 0.262 e. The summed E-state index contributed by atoms with van der Waals surface area (Å²) >= 11 is 7.59. The molecule has 21 heavy (non-hydrogen) atoms. The van der Waals surface area contributed by atoms with Gasteiger partial charge in [-0.2, -0.15) is 0 Å². The Kier molecular flexibility index (Phi) is 4.14. The van der Waals surface area contributed by atoms with E-state index in [4.69, 9.17) is 16.3 Å². The predicted molar refractivity (Wildman–Crippen MR) is 85.4 cm³/mol. The highest BCUT2D eigenvalue weighted by Crippen LogP contribution is 2.35. The zero-order chi connectivity index (χ0) is 14.8. The normalized spacial score (nSPS) is 15.0. The smallest absolute Gasteiger partial charge is 0.262 e. The van der Waals surface area contributed by atoms with Gasteiger partial charge in [-0.3, -0.25) is 4.79 Å². The first-order valence-corrected chi connectivity index (χ1v) is 7.92. The lowest BCUT2D eigenvalue weighted by Gasteiger charge is -2.22. The van der Waals surface area contributed by atoms with Crippen molar-refractivity contribution >= 4 is 34.5 Å². The number of thiophene rings is 1. The molecule has 0 spiro atoms. The largest absolute Gasteiger partial charge is 0.482 e. The summed E-state index contributed by atoms with van der Waals surface area (Å²) in [6.07, 6.45) is 0. The zero-order valence-corrected chi connectivity index (χ0v) is 13.1. The lowest BCUT2D eigenvalue weighted by molar-refractivity contribution is -0.118. The number of anilines is 1. The van der Waals surface area contributed by atoms with Gasteiger partial charge >= 0.3 is 0 Å². The molecular formula is C15H15ClN2O2S. The summed E-state index contributed by atoms with van der Waals surface area (Å²) in [7, 11) is 0. The van der Waals surface area contributed by atoms with Gasteiger partial charge in [-0.15, -0.1) is 11.3 Å². The van der Waals surface area contributed by atoms with Gasteiger partial charge in [0.2, 0.25) is 0 Å². The minimum absolute atomic E-state index is 0.0524. The second kappa shape index (κ2) is 6.05. The molecule has 110 valence electrons. The number of ether oxygens (including phenoxy) is 1. The Morgan fingerprint density at radius 3 is 3.00 bits per heavy atom. The predicted octanol–water partition coefficient (Wildman–Crippen LogP) is 3.43. The van der Waals surface area contributed by atoms with Crippen molar-refractivity contribution in [3.63, 3.8) is 0 Å². The monoisotopic (exact) mass is 322 g/mol. The molecule has 0 saturated heterocycles. The van der Waals surface area contributed by atoms with Crippen LogP contribution in [-0.4, -0.2) is 19.1 Å². The van der Waals surface area contributed by atoms with Crippen LogP contribution in [0.4, 0.5) is 5.69 Å². The highest BCUT2D eigenvalue weighted by molar-refractivity contribution is 7.16. The number of carbonyl (C=O) groups is 1. The first kappa shape index (κ1) is 14.4. The highest BCUT2D eigenvalue weighted by Gasteiger charge is 2.20. The summed E-state index contributed by atoms with van der Waals surface area (Å²) in [5.74, 6) is 0.580. The average Bonchev–Trinajstić information content (AvgIpc) is 2.90. The van der Waals surface area contributed by atoms with E-state index in [1.54, 1.807) is 11.3 Å². The molecule has 1 aromatic heterocycles. The van der Waals surface area contributed by atoms with Gasteiger partial charge in [-0.25, -0.2) is 0 Å². The Bertz CT molecular complexity index is 671. The molecule has 2 aromatic rings. The molecule has 2 heterocycles. The second-order valence-corrected chi connectivity index (χ2v) is 6.47. The quantitative estimate of drug-likeness (QED) is 0.906. The van der Waals surface area contributed by atoms with E-state index in [1.807, 2.05) is 30.3 Å². The van der Waals surface area contributed by atoms with Crippen molar-refractivity contribution in [1.82, 2.24) is 5.32 Å². The SMILES string of the molecule is CCNC(c1ccc2c(c1)NC(=O)CO2)c1ccc(Cl)s1. The molecule has 0 fully saturated rings. The van der Waals surface area contributed by atoms with Crippen LogP contribution >= 0.6 is 22.9 Å². The molecule has 6 heteroatoms. The number of rotatable bonds is 4.